The van der Waals surface area contributed by atoms with Crippen LogP contribution in [0.25, 0.3) is 0 Å². The standard InChI is InChI=1S/C16H31NO6Si/c1-10(23-24(7,8)16(2,3)4)11-9-17(20)13(11)12(14(18)21-5)15(19)22-6/h10-13,17H,9H2,1-8H3/t10-,11-,13+/m1/s1. The molecule has 7 nitrogen and oxygen atoms in total. The maximum absolute atomic E-state index is 12.1. The van der Waals surface area contributed by atoms with E-state index >= 15 is 0 Å². The van der Waals surface area contributed by atoms with Crippen LogP contribution in [0.2, 0.25) is 18.1 Å². The van der Waals surface area contributed by atoms with E-state index in [0.29, 0.717) is 6.54 Å². The van der Waals surface area contributed by atoms with Gasteiger partial charge in [0, 0.05) is 0 Å². The van der Waals surface area contributed by atoms with Crippen molar-refractivity contribution < 1.29 is 28.6 Å². The van der Waals surface area contributed by atoms with E-state index in [-0.39, 0.29) is 22.1 Å². The third kappa shape index (κ3) is 4.16. The minimum absolute atomic E-state index is 0.0363. The quantitative estimate of drug-likeness (QED) is 0.325. The summed E-state index contributed by atoms with van der Waals surface area (Å²) in [5, 5.41) is 12.0. The molecule has 0 radical (unpaired) electrons. The van der Waals surface area contributed by atoms with E-state index in [0.717, 1.165) is 0 Å². The Labute approximate surface area is 145 Å². The number of methoxy groups -OCH3 is 2. The molecule has 4 atom stereocenters. The first-order chi connectivity index (χ1) is 10.9. The zero-order chi connectivity index (χ0) is 18.9. The molecule has 24 heavy (non-hydrogen) atoms. The zero-order valence-corrected chi connectivity index (χ0v) is 17.0. The molecule has 0 saturated carbocycles. The van der Waals surface area contributed by atoms with Crippen molar-refractivity contribution in [2.45, 2.75) is 58.0 Å². The summed E-state index contributed by atoms with van der Waals surface area (Å²) >= 11 is 0. The number of quaternary nitrogens is 1. The third-order valence-corrected chi connectivity index (χ3v) is 10.0. The number of hydrogen-bond acceptors (Lipinski definition) is 6. The predicted molar refractivity (Wildman–Crippen MR) is 91.7 cm³/mol. The van der Waals surface area contributed by atoms with Crippen molar-refractivity contribution >= 4 is 20.3 Å². The van der Waals surface area contributed by atoms with Gasteiger partial charge in [-0.3, -0.25) is 9.59 Å². The minimum Gasteiger partial charge on any atom is -0.634 e. The van der Waals surface area contributed by atoms with Gasteiger partial charge in [-0.25, -0.2) is 0 Å². The molecule has 1 unspecified atom stereocenters. The second-order valence-electron chi connectivity index (χ2n) is 7.97. The Hall–Kier alpha value is -0.963. The molecule has 0 spiro atoms. The van der Waals surface area contributed by atoms with Gasteiger partial charge in [-0.15, -0.1) is 0 Å². The largest absolute Gasteiger partial charge is 0.634 e. The van der Waals surface area contributed by atoms with Crippen LogP contribution in [-0.4, -0.2) is 53.2 Å². The Morgan fingerprint density at radius 3 is 1.96 bits per heavy atom. The molecule has 1 fully saturated rings. The van der Waals surface area contributed by atoms with Crippen LogP contribution in [0.3, 0.4) is 0 Å². The molecule has 0 aromatic heterocycles. The van der Waals surface area contributed by atoms with Crippen molar-refractivity contribution in [3.63, 3.8) is 0 Å². The summed E-state index contributed by atoms with van der Waals surface area (Å²) in [6.07, 6.45) is -0.217. The van der Waals surface area contributed by atoms with Crippen LogP contribution in [0.4, 0.5) is 0 Å². The number of esters is 2. The van der Waals surface area contributed by atoms with Crippen molar-refractivity contribution in [1.29, 1.82) is 0 Å². The molecular weight excluding hydrogens is 330 g/mol. The molecule has 1 heterocycles. The van der Waals surface area contributed by atoms with E-state index < -0.39 is 32.2 Å². The number of rotatable bonds is 6. The van der Waals surface area contributed by atoms with E-state index in [1.54, 1.807) is 0 Å². The fraction of sp³-hybridized carbons (Fsp3) is 0.875. The molecule has 0 aromatic carbocycles. The maximum atomic E-state index is 12.1. The van der Waals surface area contributed by atoms with Gasteiger partial charge in [0.25, 0.3) is 0 Å². The lowest BCUT2D eigenvalue weighted by Gasteiger charge is -2.52. The van der Waals surface area contributed by atoms with Gasteiger partial charge >= 0.3 is 11.9 Å². The lowest BCUT2D eigenvalue weighted by molar-refractivity contribution is -0.936. The monoisotopic (exact) mass is 361 g/mol. The summed E-state index contributed by atoms with van der Waals surface area (Å²) in [6.45, 7) is 12.9. The smallest absolute Gasteiger partial charge is 0.326 e. The van der Waals surface area contributed by atoms with E-state index in [1.807, 2.05) is 6.92 Å². The lowest BCUT2D eigenvalue weighted by Crippen LogP contribution is -3.22. The lowest BCUT2D eigenvalue weighted by atomic mass is 9.78. The average Bonchev–Trinajstić information content (AvgIpc) is 2.46. The van der Waals surface area contributed by atoms with Crippen molar-refractivity contribution in [3.8, 4) is 0 Å². The van der Waals surface area contributed by atoms with Crippen LogP contribution >= 0.6 is 0 Å². The van der Waals surface area contributed by atoms with E-state index in [2.05, 4.69) is 33.9 Å². The van der Waals surface area contributed by atoms with Gasteiger partial charge in [0.15, 0.2) is 8.32 Å². The summed E-state index contributed by atoms with van der Waals surface area (Å²) in [6, 6.07) is -0.732. The molecule has 1 rings (SSSR count). The van der Waals surface area contributed by atoms with Crippen molar-refractivity contribution in [2.24, 2.45) is 11.8 Å². The second kappa shape index (κ2) is 7.51. The molecule has 1 saturated heterocycles. The first-order valence-corrected chi connectivity index (χ1v) is 11.1. The number of carbonyl (C=O) groups is 2. The summed E-state index contributed by atoms with van der Waals surface area (Å²) in [7, 11) is 0.387. The highest BCUT2D eigenvalue weighted by molar-refractivity contribution is 6.74. The molecule has 1 aliphatic heterocycles. The summed E-state index contributed by atoms with van der Waals surface area (Å²) < 4.78 is 15.7. The number of nitrogens with one attached hydrogen (secondary N) is 1. The van der Waals surface area contributed by atoms with Gasteiger partial charge in [0.05, 0.1) is 32.8 Å². The Bertz CT molecular complexity index is 460. The molecular formula is C16H31NO6Si. The molecule has 8 heteroatoms. The second-order valence-corrected chi connectivity index (χ2v) is 12.7. The highest BCUT2D eigenvalue weighted by atomic mass is 28.4. The Kier molecular flexibility index (Phi) is 6.60. The first kappa shape index (κ1) is 21.1. The van der Waals surface area contributed by atoms with Crippen LogP contribution in [0.15, 0.2) is 0 Å². The van der Waals surface area contributed by atoms with Crippen LogP contribution in [0.1, 0.15) is 27.7 Å². The Balaban J connectivity index is 2.96. The van der Waals surface area contributed by atoms with Crippen molar-refractivity contribution in [2.75, 3.05) is 20.8 Å². The first-order valence-electron chi connectivity index (χ1n) is 8.23. The van der Waals surface area contributed by atoms with E-state index in [9.17, 15) is 14.8 Å². The number of hydrogen-bond donors (Lipinski definition) is 1. The SMILES string of the molecule is COC(=O)C(C(=O)OC)[C@@H]1[C@@H]([C@@H](C)O[Si](C)(C)C(C)(C)C)C[NH+]1[O-]. The third-order valence-electron chi connectivity index (χ3n) is 5.43. The van der Waals surface area contributed by atoms with E-state index in [1.165, 1.54) is 14.2 Å². The minimum atomic E-state index is -2.01. The molecule has 0 aromatic rings. The van der Waals surface area contributed by atoms with Gasteiger partial charge in [-0.2, -0.15) is 0 Å². The van der Waals surface area contributed by atoms with Crippen LogP contribution in [0, 0.1) is 17.0 Å². The summed E-state index contributed by atoms with van der Waals surface area (Å²) in [4.78, 5) is 24.0. The average molecular weight is 362 g/mol. The fourth-order valence-electron chi connectivity index (χ4n) is 2.84. The van der Waals surface area contributed by atoms with Crippen LogP contribution in [0.5, 0.6) is 0 Å². The van der Waals surface area contributed by atoms with Crippen molar-refractivity contribution in [1.82, 2.24) is 0 Å². The van der Waals surface area contributed by atoms with Gasteiger partial charge in [-0.05, 0) is 25.1 Å². The highest BCUT2D eigenvalue weighted by Gasteiger charge is 2.55. The normalized spacial score (nSPS) is 25.8. The van der Waals surface area contributed by atoms with Gasteiger partial charge < -0.3 is 24.2 Å². The highest BCUT2D eigenvalue weighted by Crippen LogP contribution is 2.38. The number of hydroxylamine groups is 2. The van der Waals surface area contributed by atoms with Crippen LogP contribution in [-0.2, 0) is 23.5 Å². The zero-order valence-electron chi connectivity index (χ0n) is 16.0. The molecule has 0 amide bonds. The molecule has 1 aliphatic rings. The van der Waals surface area contributed by atoms with Crippen molar-refractivity contribution in [3.05, 3.63) is 5.21 Å². The molecule has 140 valence electrons. The predicted octanol–water partition coefficient (Wildman–Crippen LogP) is 0.740. The molecule has 0 bridgehead atoms. The fourth-order valence-corrected chi connectivity index (χ4v) is 4.29. The van der Waals surface area contributed by atoms with Gasteiger partial charge in [0.2, 0.25) is 5.92 Å². The van der Waals surface area contributed by atoms with Crippen LogP contribution < -0.4 is 5.06 Å². The Morgan fingerprint density at radius 2 is 1.62 bits per heavy atom. The topological polar surface area (TPSA) is 89.3 Å². The van der Waals surface area contributed by atoms with E-state index in [4.69, 9.17) is 13.9 Å². The van der Waals surface area contributed by atoms with Gasteiger partial charge in [0.1, 0.15) is 6.04 Å². The number of ether oxygens (including phenoxy) is 2. The molecule has 0 aliphatic carbocycles. The van der Waals surface area contributed by atoms with Gasteiger partial charge in [-0.1, -0.05) is 20.8 Å². The summed E-state index contributed by atoms with van der Waals surface area (Å²) in [5.41, 5.74) is 0. The maximum Gasteiger partial charge on any atom is 0.326 e. The number of carbonyl (C=O) groups excluding carboxylic acids is 2. The summed E-state index contributed by atoms with van der Waals surface area (Å²) in [5.74, 6) is -2.86. The molecule has 1 N–H and O–H groups in total. The Morgan fingerprint density at radius 1 is 1.17 bits per heavy atom.